The summed E-state index contributed by atoms with van der Waals surface area (Å²) in [5, 5.41) is 4.37. The molecule has 0 aromatic carbocycles. The van der Waals surface area contributed by atoms with Gasteiger partial charge < -0.3 is 4.74 Å². The van der Waals surface area contributed by atoms with E-state index in [0.717, 1.165) is 17.1 Å². The molecule has 0 aliphatic carbocycles. The first kappa shape index (κ1) is 10.9. The lowest BCUT2D eigenvalue weighted by Gasteiger charge is -1.93. The fraction of sp³-hybridized carbons (Fsp3) is 0.273. The molecule has 5 heteroatoms. The second kappa shape index (κ2) is 4.49. The number of hydrogen-bond acceptors (Lipinski definition) is 4. The molecular formula is C11H12N2O2S. The van der Waals surface area contributed by atoms with E-state index < -0.39 is 0 Å². The molecule has 84 valence electrons. The molecule has 0 aliphatic rings. The monoisotopic (exact) mass is 236 g/mol. The molecule has 0 saturated heterocycles. The van der Waals surface area contributed by atoms with Crippen LogP contribution in [0, 0.1) is 0 Å². The fourth-order valence-corrected chi connectivity index (χ4v) is 2.24. The molecule has 0 amide bonds. The van der Waals surface area contributed by atoms with Gasteiger partial charge in [-0.25, -0.2) is 4.79 Å². The van der Waals surface area contributed by atoms with E-state index in [0.29, 0.717) is 4.88 Å². The van der Waals surface area contributed by atoms with Crippen molar-refractivity contribution in [1.29, 1.82) is 0 Å². The van der Waals surface area contributed by atoms with Gasteiger partial charge in [-0.05, 0) is 25.1 Å². The molecule has 0 spiro atoms. The lowest BCUT2D eigenvalue weighted by Crippen LogP contribution is -1.96. The predicted molar refractivity (Wildman–Crippen MR) is 62.6 cm³/mol. The van der Waals surface area contributed by atoms with Gasteiger partial charge in [0.2, 0.25) is 0 Å². The van der Waals surface area contributed by atoms with Crippen molar-refractivity contribution in [1.82, 2.24) is 9.78 Å². The summed E-state index contributed by atoms with van der Waals surface area (Å²) in [7, 11) is 1.38. The Hall–Kier alpha value is -1.62. The van der Waals surface area contributed by atoms with E-state index in [1.807, 2.05) is 29.9 Å². The van der Waals surface area contributed by atoms with Gasteiger partial charge in [-0.1, -0.05) is 0 Å². The third-order valence-corrected chi connectivity index (χ3v) is 3.30. The van der Waals surface area contributed by atoms with Gasteiger partial charge in [0.25, 0.3) is 0 Å². The van der Waals surface area contributed by atoms with Gasteiger partial charge in [-0.15, -0.1) is 11.3 Å². The summed E-state index contributed by atoms with van der Waals surface area (Å²) in [6.07, 6.45) is 1.92. The van der Waals surface area contributed by atoms with Gasteiger partial charge >= 0.3 is 5.97 Å². The van der Waals surface area contributed by atoms with Crippen molar-refractivity contribution in [2.24, 2.45) is 0 Å². The lowest BCUT2D eigenvalue weighted by molar-refractivity contribution is 0.0606. The maximum atomic E-state index is 11.3. The third-order valence-electron chi connectivity index (χ3n) is 2.21. The zero-order valence-electron chi connectivity index (χ0n) is 9.14. The lowest BCUT2D eigenvalue weighted by atomic mass is 10.3. The highest BCUT2D eigenvalue weighted by atomic mass is 32.1. The van der Waals surface area contributed by atoms with Gasteiger partial charge in [0.15, 0.2) is 0 Å². The Morgan fingerprint density at radius 1 is 1.50 bits per heavy atom. The minimum atomic E-state index is -0.300. The molecule has 2 aromatic rings. The van der Waals surface area contributed by atoms with E-state index in [-0.39, 0.29) is 5.97 Å². The van der Waals surface area contributed by atoms with E-state index in [1.165, 1.54) is 18.4 Å². The van der Waals surface area contributed by atoms with Crippen molar-refractivity contribution in [2.45, 2.75) is 13.5 Å². The molecule has 0 atom stereocenters. The Labute approximate surface area is 97.5 Å². The molecule has 2 aromatic heterocycles. The minimum absolute atomic E-state index is 0.300. The fourth-order valence-electron chi connectivity index (χ4n) is 1.36. The molecule has 4 nitrogen and oxygen atoms in total. The number of aryl methyl sites for hydroxylation is 1. The van der Waals surface area contributed by atoms with Crippen LogP contribution in [-0.2, 0) is 11.3 Å². The smallest absolute Gasteiger partial charge is 0.348 e. The first-order valence-electron chi connectivity index (χ1n) is 4.96. The first-order valence-corrected chi connectivity index (χ1v) is 5.78. The van der Waals surface area contributed by atoms with E-state index in [4.69, 9.17) is 0 Å². The molecule has 0 unspecified atom stereocenters. The standard InChI is InChI=1S/C11H12N2O2S/c1-3-13-7-6-8(12-13)9-4-5-10(16-9)11(14)15-2/h4-7H,3H2,1-2H3. The summed E-state index contributed by atoms with van der Waals surface area (Å²) < 4.78 is 6.51. The molecule has 2 rings (SSSR count). The summed E-state index contributed by atoms with van der Waals surface area (Å²) in [5.74, 6) is -0.300. The number of aromatic nitrogens is 2. The van der Waals surface area contributed by atoms with Gasteiger partial charge in [0, 0.05) is 12.7 Å². The van der Waals surface area contributed by atoms with Gasteiger partial charge in [0.1, 0.15) is 10.6 Å². The van der Waals surface area contributed by atoms with E-state index in [1.54, 1.807) is 6.07 Å². The number of carbonyl (C=O) groups excluding carboxylic acids is 1. The molecule has 0 radical (unpaired) electrons. The molecule has 0 fully saturated rings. The number of ether oxygens (including phenoxy) is 1. The summed E-state index contributed by atoms with van der Waals surface area (Å²) >= 11 is 1.39. The largest absolute Gasteiger partial charge is 0.465 e. The Kier molecular flexibility index (Phi) is 3.05. The molecule has 0 aliphatic heterocycles. The molecule has 0 saturated carbocycles. The highest BCUT2D eigenvalue weighted by Gasteiger charge is 2.11. The summed E-state index contributed by atoms with van der Waals surface area (Å²) in [6.45, 7) is 2.88. The topological polar surface area (TPSA) is 44.1 Å². The zero-order chi connectivity index (χ0) is 11.5. The van der Waals surface area contributed by atoms with Crippen LogP contribution in [0.25, 0.3) is 10.6 Å². The second-order valence-electron chi connectivity index (χ2n) is 3.21. The Morgan fingerprint density at radius 2 is 2.31 bits per heavy atom. The normalized spacial score (nSPS) is 10.4. The highest BCUT2D eigenvalue weighted by molar-refractivity contribution is 7.17. The molecular weight excluding hydrogens is 224 g/mol. The maximum absolute atomic E-state index is 11.3. The SMILES string of the molecule is CCn1ccc(-c2ccc(C(=O)OC)s2)n1. The predicted octanol–water partition coefficient (Wildman–Crippen LogP) is 2.42. The number of methoxy groups -OCH3 is 1. The average Bonchev–Trinajstić information content (AvgIpc) is 2.95. The van der Waals surface area contributed by atoms with Gasteiger partial charge in [-0.2, -0.15) is 5.10 Å². The third kappa shape index (κ3) is 1.99. The number of esters is 1. The van der Waals surface area contributed by atoms with Crippen LogP contribution in [0.4, 0.5) is 0 Å². The van der Waals surface area contributed by atoms with Crippen LogP contribution in [0.1, 0.15) is 16.6 Å². The number of carbonyl (C=O) groups is 1. The molecule has 0 bridgehead atoms. The first-order chi connectivity index (χ1) is 7.74. The van der Waals surface area contributed by atoms with Gasteiger partial charge in [0.05, 0.1) is 12.0 Å². The van der Waals surface area contributed by atoms with Crippen LogP contribution >= 0.6 is 11.3 Å². The minimum Gasteiger partial charge on any atom is -0.465 e. The number of nitrogens with zero attached hydrogens (tertiary/aromatic N) is 2. The van der Waals surface area contributed by atoms with Crippen LogP contribution in [0.2, 0.25) is 0 Å². The van der Waals surface area contributed by atoms with Crippen molar-refractivity contribution in [2.75, 3.05) is 7.11 Å². The van der Waals surface area contributed by atoms with Gasteiger partial charge in [-0.3, -0.25) is 4.68 Å². The number of thiophene rings is 1. The number of hydrogen-bond donors (Lipinski definition) is 0. The summed E-state index contributed by atoms with van der Waals surface area (Å²) in [5.41, 5.74) is 0.891. The van der Waals surface area contributed by atoms with E-state index >= 15 is 0 Å². The quantitative estimate of drug-likeness (QED) is 0.769. The van der Waals surface area contributed by atoms with Crippen molar-refractivity contribution in [3.63, 3.8) is 0 Å². The maximum Gasteiger partial charge on any atom is 0.348 e. The molecule has 16 heavy (non-hydrogen) atoms. The Balaban J connectivity index is 2.27. The van der Waals surface area contributed by atoms with Crippen molar-refractivity contribution < 1.29 is 9.53 Å². The van der Waals surface area contributed by atoms with Crippen LogP contribution < -0.4 is 0 Å². The van der Waals surface area contributed by atoms with Crippen LogP contribution in [-0.4, -0.2) is 22.9 Å². The van der Waals surface area contributed by atoms with Crippen LogP contribution in [0.15, 0.2) is 24.4 Å². The second-order valence-corrected chi connectivity index (χ2v) is 4.30. The summed E-state index contributed by atoms with van der Waals surface area (Å²) in [6, 6.07) is 5.59. The number of rotatable bonds is 3. The Bertz CT molecular complexity index is 502. The van der Waals surface area contributed by atoms with E-state index in [2.05, 4.69) is 9.84 Å². The molecule has 2 heterocycles. The van der Waals surface area contributed by atoms with Crippen molar-refractivity contribution >= 4 is 17.3 Å². The van der Waals surface area contributed by atoms with Crippen molar-refractivity contribution in [3.05, 3.63) is 29.3 Å². The van der Waals surface area contributed by atoms with Crippen molar-refractivity contribution in [3.8, 4) is 10.6 Å². The molecule has 0 N–H and O–H groups in total. The summed E-state index contributed by atoms with van der Waals surface area (Å²) in [4.78, 5) is 12.9. The zero-order valence-corrected chi connectivity index (χ0v) is 9.95. The van der Waals surface area contributed by atoms with E-state index in [9.17, 15) is 4.79 Å². The van der Waals surface area contributed by atoms with Crippen LogP contribution in [0.3, 0.4) is 0 Å². The van der Waals surface area contributed by atoms with Crippen LogP contribution in [0.5, 0.6) is 0 Å². The Morgan fingerprint density at radius 3 is 2.94 bits per heavy atom. The highest BCUT2D eigenvalue weighted by Crippen LogP contribution is 2.26. The average molecular weight is 236 g/mol.